The van der Waals surface area contributed by atoms with Gasteiger partial charge in [0, 0.05) is 0 Å². The summed E-state index contributed by atoms with van der Waals surface area (Å²) in [7, 11) is -4.02. The van der Waals surface area contributed by atoms with Crippen molar-refractivity contribution in [3.8, 4) is 0 Å². The Kier molecular flexibility index (Phi) is 4.92. The van der Waals surface area contributed by atoms with Gasteiger partial charge < -0.3 is 0 Å². The van der Waals surface area contributed by atoms with E-state index in [1.165, 1.54) is 0 Å². The zero-order valence-electron chi connectivity index (χ0n) is 12.7. The van der Waals surface area contributed by atoms with Gasteiger partial charge in [-0.05, 0) is 0 Å². The van der Waals surface area contributed by atoms with E-state index in [4.69, 9.17) is 27.4 Å². The fraction of sp³-hybridized carbons (Fsp3) is 0.846. The molecule has 7 heteroatoms. The first kappa shape index (κ1) is 16.0. The molecule has 1 atom stereocenters. The summed E-state index contributed by atoms with van der Waals surface area (Å²) in [6, 6.07) is 0. The molecule has 0 bridgehead atoms. The van der Waals surface area contributed by atoms with E-state index in [9.17, 15) is 0 Å². The summed E-state index contributed by atoms with van der Waals surface area (Å²) < 4.78 is 34.8. The van der Waals surface area contributed by atoms with Crippen LogP contribution in [0.5, 0.6) is 0 Å². The summed E-state index contributed by atoms with van der Waals surface area (Å²) in [4.78, 5) is 0. The fourth-order valence-electron chi connectivity index (χ4n) is 2.27. The van der Waals surface area contributed by atoms with Crippen LogP contribution >= 0.6 is 7.74 Å². The van der Waals surface area contributed by atoms with Gasteiger partial charge in [-0.1, -0.05) is 0 Å². The van der Waals surface area contributed by atoms with E-state index in [0.29, 0.717) is 31.3 Å². The summed E-state index contributed by atoms with van der Waals surface area (Å²) in [6.45, 7) is 9.23. The molecule has 0 aliphatic carbocycles. The average molecular weight is 308 g/mol. The molecule has 0 N–H and O–H groups in total. The molecule has 2 aliphatic rings. The average Bonchev–Trinajstić information content (AvgIpc) is 2.97. The van der Waals surface area contributed by atoms with Crippen LogP contribution in [0, 0.1) is 0 Å². The number of ether oxygens (including phenoxy) is 1. The van der Waals surface area contributed by atoms with Crippen molar-refractivity contribution in [1.82, 2.24) is 0 Å². The Labute approximate surface area is 120 Å². The van der Waals surface area contributed by atoms with E-state index in [1.54, 1.807) is 0 Å². The zero-order chi connectivity index (χ0) is 14.7. The molecule has 1 saturated heterocycles. The maximum atomic E-state index is 5.96. The topological polar surface area (TPSA) is 55.4 Å². The van der Waals surface area contributed by atoms with Gasteiger partial charge in [0.1, 0.15) is 0 Å². The molecule has 118 valence electrons. The van der Waals surface area contributed by atoms with Gasteiger partial charge in [-0.15, -0.1) is 0 Å². The van der Waals surface area contributed by atoms with Crippen molar-refractivity contribution in [2.75, 3.05) is 26.4 Å². The van der Waals surface area contributed by atoms with Crippen LogP contribution in [0.3, 0.4) is 0 Å². The normalized spacial score (nSPS) is 29.6. The summed E-state index contributed by atoms with van der Waals surface area (Å²) in [5.74, 6) is 1.27. The van der Waals surface area contributed by atoms with Gasteiger partial charge in [-0.3, -0.25) is 0 Å². The third-order valence-electron chi connectivity index (χ3n) is 3.24. The standard InChI is InChI=1S/C13H25O6P/c1-5-15-20(16-6-2,18-11(3)12(4)19-20)17-10-13-8-7-9-14-13/h13H,5-10H2,1-4H3. The van der Waals surface area contributed by atoms with Crippen LogP contribution in [0.25, 0.3) is 0 Å². The Morgan fingerprint density at radius 3 is 2.10 bits per heavy atom. The number of hydrogen-bond donors (Lipinski definition) is 0. The first-order chi connectivity index (χ1) is 9.52. The molecule has 0 aromatic heterocycles. The number of rotatable bonds is 7. The van der Waals surface area contributed by atoms with E-state index < -0.39 is 7.74 Å². The van der Waals surface area contributed by atoms with Crippen LogP contribution in [-0.4, -0.2) is 32.5 Å². The van der Waals surface area contributed by atoms with E-state index in [2.05, 4.69) is 0 Å². The molecule has 0 aromatic carbocycles. The Hall–Kier alpha value is -0.390. The predicted molar refractivity (Wildman–Crippen MR) is 75.6 cm³/mol. The van der Waals surface area contributed by atoms with Gasteiger partial charge in [0.2, 0.25) is 0 Å². The Balaban J connectivity index is 2.14. The van der Waals surface area contributed by atoms with Crippen molar-refractivity contribution >= 4 is 7.74 Å². The molecule has 6 nitrogen and oxygen atoms in total. The zero-order valence-corrected chi connectivity index (χ0v) is 13.6. The minimum absolute atomic E-state index is 0.0447. The number of allylic oxidation sites excluding steroid dienone is 2. The summed E-state index contributed by atoms with van der Waals surface area (Å²) >= 11 is 0. The third kappa shape index (κ3) is 3.10. The van der Waals surface area contributed by atoms with Gasteiger partial charge in [-0.2, -0.15) is 0 Å². The van der Waals surface area contributed by atoms with Crippen molar-refractivity contribution in [3.05, 3.63) is 11.5 Å². The molecule has 2 aliphatic heterocycles. The van der Waals surface area contributed by atoms with E-state index in [1.807, 2.05) is 27.7 Å². The summed E-state index contributed by atoms with van der Waals surface area (Å²) in [5.41, 5.74) is 0. The molecule has 0 saturated carbocycles. The summed E-state index contributed by atoms with van der Waals surface area (Å²) in [6.07, 6.45) is 2.06. The quantitative estimate of drug-likeness (QED) is 0.669. The Bertz CT molecular complexity index is 353. The molecule has 1 unspecified atom stereocenters. The summed E-state index contributed by atoms with van der Waals surface area (Å²) in [5, 5.41) is 0. The first-order valence-electron chi connectivity index (χ1n) is 7.19. The monoisotopic (exact) mass is 308 g/mol. The van der Waals surface area contributed by atoms with Crippen LogP contribution in [0.1, 0.15) is 40.5 Å². The van der Waals surface area contributed by atoms with Gasteiger partial charge in [0.05, 0.1) is 0 Å². The van der Waals surface area contributed by atoms with Crippen molar-refractivity contribution in [2.24, 2.45) is 0 Å². The second-order valence-corrected chi connectivity index (χ2v) is 7.44. The van der Waals surface area contributed by atoms with Crippen LogP contribution in [0.15, 0.2) is 11.5 Å². The predicted octanol–water partition coefficient (Wildman–Crippen LogP) is 3.68. The molecular formula is C13H25O6P. The molecule has 0 amide bonds. The van der Waals surface area contributed by atoms with Crippen molar-refractivity contribution in [3.63, 3.8) is 0 Å². The van der Waals surface area contributed by atoms with Gasteiger partial charge in [0.25, 0.3) is 0 Å². The number of hydrogen-bond acceptors (Lipinski definition) is 6. The van der Waals surface area contributed by atoms with Gasteiger partial charge in [0.15, 0.2) is 0 Å². The molecular weight excluding hydrogens is 283 g/mol. The van der Waals surface area contributed by atoms with Crippen LogP contribution in [0.2, 0.25) is 0 Å². The third-order valence-corrected chi connectivity index (χ3v) is 6.32. The van der Waals surface area contributed by atoms with Crippen LogP contribution < -0.4 is 0 Å². The van der Waals surface area contributed by atoms with Crippen LogP contribution in [-0.2, 0) is 27.4 Å². The van der Waals surface area contributed by atoms with Gasteiger partial charge >= 0.3 is 120 Å². The Morgan fingerprint density at radius 2 is 1.65 bits per heavy atom. The van der Waals surface area contributed by atoms with E-state index >= 15 is 0 Å². The molecule has 0 spiro atoms. The van der Waals surface area contributed by atoms with Crippen molar-refractivity contribution in [2.45, 2.75) is 46.6 Å². The maximum absolute atomic E-state index is 5.96. The second kappa shape index (κ2) is 6.16. The minimum atomic E-state index is -4.02. The van der Waals surface area contributed by atoms with Crippen molar-refractivity contribution < 1.29 is 27.4 Å². The second-order valence-electron chi connectivity index (χ2n) is 4.81. The van der Waals surface area contributed by atoms with Crippen LogP contribution in [0.4, 0.5) is 0 Å². The molecule has 2 rings (SSSR count). The molecule has 0 radical (unpaired) electrons. The molecule has 0 aromatic rings. The first-order valence-corrected chi connectivity index (χ1v) is 9.02. The molecule has 1 fully saturated rings. The van der Waals surface area contributed by atoms with E-state index in [0.717, 1.165) is 19.4 Å². The molecule has 20 heavy (non-hydrogen) atoms. The van der Waals surface area contributed by atoms with E-state index in [-0.39, 0.29) is 6.10 Å². The SMILES string of the molecule is CCOP1(OCC)(OCC2CCCO2)OC(C)=C(C)O1. The van der Waals surface area contributed by atoms with Gasteiger partial charge in [-0.25, -0.2) is 0 Å². The molecule has 2 heterocycles. The Morgan fingerprint density at radius 1 is 1.05 bits per heavy atom. The van der Waals surface area contributed by atoms with Crippen molar-refractivity contribution in [1.29, 1.82) is 0 Å². The fourth-order valence-corrected chi connectivity index (χ4v) is 5.25.